The van der Waals surface area contributed by atoms with Gasteiger partial charge in [-0.25, -0.2) is 8.42 Å². The molecule has 1 atom stereocenters. The van der Waals surface area contributed by atoms with Crippen LogP contribution < -0.4 is 4.72 Å². The minimum atomic E-state index is -3.46. The zero-order valence-electron chi connectivity index (χ0n) is 10.8. The predicted octanol–water partition coefficient (Wildman–Crippen LogP) is 3.20. The van der Waals surface area contributed by atoms with Crippen molar-refractivity contribution in [1.29, 1.82) is 0 Å². The molecule has 3 aromatic rings. The van der Waals surface area contributed by atoms with Crippen molar-refractivity contribution in [3.8, 4) is 0 Å². The third-order valence-electron chi connectivity index (χ3n) is 3.78. The van der Waals surface area contributed by atoms with Gasteiger partial charge in [-0.15, -0.1) is 0 Å². The number of hydrogen-bond donors (Lipinski definition) is 2. The summed E-state index contributed by atoms with van der Waals surface area (Å²) in [6, 6.07) is 12.2. The molecule has 106 valence electrons. The van der Waals surface area contributed by atoms with Crippen LogP contribution in [0.2, 0.25) is 5.02 Å². The Morgan fingerprint density at radius 3 is 2.71 bits per heavy atom. The number of halogens is 1. The topological polar surface area (TPSA) is 62.0 Å². The average Bonchev–Trinajstić information content (AvgIpc) is 2.98. The molecule has 0 radical (unpaired) electrons. The largest absolute Gasteiger partial charge is 0.361 e. The van der Waals surface area contributed by atoms with Gasteiger partial charge in [-0.2, -0.15) is 4.72 Å². The number of aromatic amines is 1. The van der Waals surface area contributed by atoms with Crippen LogP contribution in [-0.4, -0.2) is 13.4 Å². The molecule has 1 aromatic heterocycles. The van der Waals surface area contributed by atoms with Crippen LogP contribution in [0.5, 0.6) is 0 Å². The minimum Gasteiger partial charge on any atom is -0.361 e. The van der Waals surface area contributed by atoms with E-state index in [0.717, 1.165) is 22.0 Å². The standard InChI is InChI=1S/C15H11ClN2O2S/c16-9-5-6-13-11(7-9)12(8-17-13)15-10-3-1-2-4-14(10)21(19,20)18-15/h1-8,15,17-18H. The number of H-pyrrole nitrogens is 1. The highest BCUT2D eigenvalue weighted by Gasteiger charge is 2.35. The quantitative estimate of drug-likeness (QED) is 0.723. The fourth-order valence-corrected chi connectivity index (χ4v) is 4.45. The third kappa shape index (κ3) is 1.89. The molecule has 2 N–H and O–H groups in total. The Morgan fingerprint density at radius 2 is 1.86 bits per heavy atom. The second kappa shape index (κ2) is 4.34. The Morgan fingerprint density at radius 1 is 1.05 bits per heavy atom. The molecule has 2 aromatic carbocycles. The molecule has 0 aliphatic carbocycles. The van der Waals surface area contributed by atoms with Crippen molar-refractivity contribution in [2.45, 2.75) is 10.9 Å². The summed E-state index contributed by atoms with van der Waals surface area (Å²) in [5.74, 6) is 0. The highest BCUT2D eigenvalue weighted by atomic mass is 35.5. The van der Waals surface area contributed by atoms with E-state index in [1.54, 1.807) is 18.2 Å². The van der Waals surface area contributed by atoms with Crippen LogP contribution in [0.15, 0.2) is 53.6 Å². The molecule has 6 heteroatoms. The predicted molar refractivity (Wildman–Crippen MR) is 81.9 cm³/mol. The molecule has 4 rings (SSSR count). The molecular weight excluding hydrogens is 308 g/mol. The molecule has 0 amide bonds. The fourth-order valence-electron chi connectivity index (χ4n) is 2.83. The van der Waals surface area contributed by atoms with Gasteiger partial charge in [0.1, 0.15) is 0 Å². The molecule has 0 spiro atoms. The summed E-state index contributed by atoms with van der Waals surface area (Å²) in [4.78, 5) is 3.50. The molecule has 0 fully saturated rings. The van der Waals surface area contributed by atoms with Crippen LogP contribution >= 0.6 is 11.6 Å². The Balaban J connectivity index is 1.97. The monoisotopic (exact) mass is 318 g/mol. The number of fused-ring (bicyclic) bond motifs is 2. The van der Waals surface area contributed by atoms with E-state index < -0.39 is 16.1 Å². The van der Waals surface area contributed by atoms with Gasteiger partial charge in [0.25, 0.3) is 0 Å². The van der Waals surface area contributed by atoms with Crippen molar-refractivity contribution >= 4 is 32.5 Å². The van der Waals surface area contributed by atoms with E-state index in [-0.39, 0.29) is 0 Å². The van der Waals surface area contributed by atoms with Crippen LogP contribution in [0.3, 0.4) is 0 Å². The molecular formula is C15H11ClN2O2S. The molecule has 2 heterocycles. The van der Waals surface area contributed by atoms with Gasteiger partial charge in [0.15, 0.2) is 0 Å². The summed E-state index contributed by atoms with van der Waals surface area (Å²) < 4.78 is 27.1. The number of sulfonamides is 1. The van der Waals surface area contributed by atoms with Gasteiger partial charge in [0, 0.05) is 22.1 Å². The maximum Gasteiger partial charge on any atom is 0.241 e. The van der Waals surface area contributed by atoms with Crippen LogP contribution in [0.25, 0.3) is 10.9 Å². The molecule has 1 unspecified atom stereocenters. The number of benzene rings is 2. The first-order chi connectivity index (χ1) is 10.1. The smallest absolute Gasteiger partial charge is 0.241 e. The van der Waals surface area contributed by atoms with Crippen LogP contribution in [0, 0.1) is 0 Å². The van der Waals surface area contributed by atoms with Crippen LogP contribution in [0.1, 0.15) is 17.2 Å². The number of hydrogen-bond acceptors (Lipinski definition) is 2. The lowest BCUT2D eigenvalue weighted by molar-refractivity contribution is 0.585. The third-order valence-corrected chi connectivity index (χ3v) is 5.51. The molecule has 0 bridgehead atoms. The van der Waals surface area contributed by atoms with Crippen molar-refractivity contribution < 1.29 is 8.42 Å². The highest BCUT2D eigenvalue weighted by molar-refractivity contribution is 7.89. The van der Waals surface area contributed by atoms with E-state index in [1.165, 1.54) is 0 Å². The van der Waals surface area contributed by atoms with E-state index in [4.69, 9.17) is 11.6 Å². The summed E-state index contributed by atoms with van der Waals surface area (Å²) in [6.45, 7) is 0. The maximum atomic E-state index is 12.2. The SMILES string of the molecule is O=S1(=O)NC(c2c[nH]c3ccc(Cl)cc23)c2ccccc21. The van der Waals surface area contributed by atoms with Gasteiger partial charge >= 0.3 is 0 Å². The molecule has 0 saturated carbocycles. The summed E-state index contributed by atoms with van der Waals surface area (Å²) in [5, 5.41) is 1.55. The van der Waals surface area contributed by atoms with Gasteiger partial charge in [-0.3, -0.25) is 0 Å². The zero-order chi connectivity index (χ0) is 14.6. The van der Waals surface area contributed by atoms with Crippen molar-refractivity contribution in [1.82, 2.24) is 9.71 Å². The zero-order valence-corrected chi connectivity index (χ0v) is 12.4. The van der Waals surface area contributed by atoms with Crippen molar-refractivity contribution in [3.63, 3.8) is 0 Å². The number of nitrogens with one attached hydrogen (secondary N) is 2. The average molecular weight is 319 g/mol. The number of rotatable bonds is 1. The Labute approximate surface area is 126 Å². The van der Waals surface area contributed by atoms with Crippen LogP contribution in [0.4, 0.5) is 0 Å². The van der Waals surface area contributed by atoms with Crippen molar-refractivity contribution in [2.24, 2.45) is 0 Å². The molecule has 0 saturated heterocycles. The maximum absolute atomic E-state index is 12.2. The Bertz CT molecular complexity index is 963. The molecule has 4 nitrogen and oxygen atoms in total. The lowest BCUT2D eigenvalue weighted by Crippen LogP contribution is -2.20. The minimum absolute atomic E-state index is 0.339. The summed E-state index contributed by atoms with van der Waals surface area (Å²) >= 11 is 6.06. The van der Waals surface area contributed by atoms with Gasteiger partial charge in [0.05, 0.1) is 10.9 Å². The van der Waals surface area contributed by atoms with Gasteiger partial charge in [0.2, 0.25) is 10.0 Å². The molecule has 21 heavy (non-hydrogen) atoms. The first-order valence-electron chi connectivity index (χ1n) is 6.44. The van der Waals surface area contributed by atoms with E-state index in [2.05, 4.69) is 9.71 Å². The summed E-state index contributed by atoms with van der Waals surface area (Å²) in [7, 11) is -3.46. The van der Waals surface area contributed by atoms with E-state index in [9.17, 15) is 8.42 Å². The van der Waals surface area contributed by atoms with E-state index >= 15 is 0 Å². The van der Waals surface area contributed by atoms with Crippen molar-refractivity contribution in [3.05, 3.63) is 64.8 Å². The summed E-state index contributed by atoms with van der Waals surface area (Å²) in [5.41, 5.74) is 2.57. The lowest BCUT2D eigenvalue weighted by Gasteiger charge is -2.09. The normalized spacial score (nSPS) is 19.8. The Hall–Kier alpha value is -1.82. The second-order valence-electron chi connectivity index (χ2n) is 5.03. The van der Waals surface area contributed by atoms with Gasteiger partial charge < -0.3 is 4.98 Å². The summed E-state index contributed by atoms with van der Waals surface area (Å²) in [6.07, 6.45) is 1.83. The Kier molecular flexibility index (Phi) is 2.66. The first-order valence-corrected chi connectivity index (χ1v) is 8.30. The molecule has 1 aliphatic heterocycles. The first kappa shape index (κ1) is 12.9. The van der Waals surface area contributed by atoms with E-state index in [1.807, 2.05) is 30.5 Å². The lowest BCUT2D eigenvalue weighted by atomic mass is 9.99. The number of aromatic nitrogens is 1. The van der Waals surface area contributed by atoms with E-state index in [0.29, 0.717) is 9.92 Å². The highest BCUT2D eigenvalue weighted by Crippen LogP contribution is 2.38. The van der Waals surface area contributed by atoms with Gasteiger partial charge in [-0.1, -0.05) is 29.8 Å². The second-order valence-corrected chi connectivity index (χ2v) is 7.14. The molecule has 1 aliphatic rings. The fraction of sp³-hybridized carbons (Fsp3) is 0.0667. The van der Waals surface area contributed by atoms with Gasteiger partial charge in [-0.05, 0) is 35.4 Å². The van der Waals surface area contributed by atoms with Crippen LogP contribution in [-0.2, 0) is 10.0 Å². The van der Waals surface area contributed by atoms with Crippen molar-refractivity contribution in [2.75, 3.05) is 0 Å².